The van der Waals surface area contributed by atoms with E-state index in [-0.39, 0.29) is 16.5 Å². The minimum absolute atomic E-state index is 0.268. The number of nitriles is 3. The van der Waals surface area contributed by atoms with Crippen LogP contribution in [0.2, 0.25) is 0 Å². The van der Waals surface area contributed by atoms with Gasteiger partial charge in [-0.05, 0) is 25.1 Å². The number of nitrogens with one attached hydrogen (secondary N) is 2. The SMILES string of the molecule is C[C@@H](SC1=C(C#N)C(C)(C)[C@H](C#N)C(=O)N1)C(=O)Nc1cccc(C#N)c1. The Morgan fingerprint density at radius 2 is 2.00 bits per heavy atom. The number of benzene rings is 1. The van der Waals surface area contributed by atoms with Gasteiger partial charge in [-0.15, -0.1) is 0 Å². The molecule has 1 heterocycles. The van der Waals surface area contributed by atoms with Gasteiger partial charge in [0.25, 0.3) is 0 Å². The minimum atomic E-state index is -0.977. The molecule has 0 fully saturated rings. The Kier molecular flexibility index (Phi) is 5.90. The summed E-state index contributed by atoms with van der Waals surface area (Å²) in [7, 11) is 0. The van der Waals surface area contributed by atoms with Crippen LogP contribution >= 0.6 is 11.8 Å². The van der Waals surface area contributed by atoms with Gasteiger partial charge in [-0.1, -0.05) is 31.7 Å². The van der Waals surface area contributed by atoms with Gasteiger partial charge in [-0.25, -0.2) is 0 Å². The van der Waals surface area contributed by atoms with Gasteiger partial charge in [-0.2, -0.15) is 15.8 Å². The first-order chi connectivity index (χ1) is 12.7. The summed E-state index contributed by atoms with van der Waals surface area (Å²) in [5, 5.41) is 32.6. The zero-order valence-corrected chi connectivity index (χ0v) is 15.8. The average Bonchev–Trinajstić information content (AvgIpc) is 2.61. The molecule has 7 nitrogen and oxygen atoms in total. The van der Waals surface area contributed by atoms with Crippen molar-refractivity contribution in [3.05, 3.63) is 40.4 Å². The third-order valence-electron chi connectivity index (χ3n) is 4.26. The highest BCUT2D eigenvalue weighted by Gasteiger charge is 2.45. The molecule has 136 valence electrons. The molecule has 2 N–H and O–H groups in total. The number of hydrogen-bond donors (Lipinski definition) is 2. The van der Waals surface area contributed by atoms with E-state index in [1.165, 1.54) is 0 Å². The number of hydrogen-bond acceptors (Lipinski definition) is 6. The Morgan fingerprint density at radius 3 is 2.59 bits per heavy atom. The maximum atomic E-state index is 12.5. The van der Waals surface area contributed by atoms with Crippen molar-refractivity contribution in [2.75, 3.05) is 5.32 Å². The molecule has 27 heavy (non-hydrogen) atoms. The number of carbonyl (C=O) groups excluding carboxylic acids is 2. The number of nitrogens with zero attached hydrogens (tertiary/aromatic N) is 3. The molecule has 1 aromatic rings. The van der Waals surface area contributed by atoms with Crippen LogP contribution in [-0.2, 0) is 9.59 Å². The standard InChI is InChI=1S/C19H17N5O2S/c1-11(16(25)23-13-6-4-5-12(7-13)8-20)27-18-15(10-22)19(2,3)14(9-21)17(26)24-18/h4-7,11,14H,1-3H3,(H,23,25)(H,24,26)/t11-,14-/m1/s1. The smallest absolute Gasteiger partial charge is 0.243 e. The molecule has 0 bridgehead atoms. The summed E-state index contributed by atoms with van der Waals surface area (Å²) in [6, 6.07) is 12.5. The quantitative estimate of drug-likeness (QED) is 0.827. The Bertz CT molecular complexity index is 946. The van der Waals surface area contributed by atoms with E-state index in [1.807, 2.05) is 12.1 Å². The second-order valence-corrected chi connectivity index (χ2v) is 7.88. The molecular formula is C19H17N5O2S. The molecule has 0 aliphatic carbocycles. The van der Waals surface area contributed by atoms with Crippen LogP contribution in [0.3, 0.4) is 0 Å². The molecule has 2 amide bonds. The van der Waals surface area contributed by atoms with Gasteiger partial charge in [0.2, 0.25) is 11.8 Å². The lowest BCUT2D eigenvalue weighted by Crippen LogP contribution is -2.45. The van der Waals surface area contributed by atoms with Gasteiger partial charge < -0.3 is 10.6 Å². The fourth-order valence-electron chi connectivity index (χ4n) is 2.66. The zero-order valence-electron chi connectivity index (χ0n) is 15.0. The molecule has 1 aliphatic rings. The highest BCUT2D eigenvalue weighted by Crippen LogP contribution is 2.42. The number of anilines is 1. The summed E-state index contributed by atoms with van der Waals surface area (Å²) in [5.74, 6) is -1.80. The van der Waals surface area contributed by atoms with E-state index in [0.717, 1.165) is 11.8 Å². The van der Waals surface area contributed by atoms with Crippen molar-refractivity contribution in [3.63, 3.8) is 0 Å². The van der Waals surface area contributed by atoms with E-state index in [0.29, 0.717) is 11.3 Å². The average molecular weight is 379 g/mol. The number of rotatable bonds is 4. The van der Waals surface area contributed by atoms with Gasteiger partial charge in [0.1, 0.15) is 5.92 Å². The molecule has 0 unspecified atom stereocenters. The van der Waals surface area contributed by atoms with E-state index < -0.39 is 22.5 Å². The molecule has 2 atom stereocenters. The van der Waals surface area contributed by atoms with Crippen molar-refractivity contribution >= 4 is 29.3 Å². The molecule has 0 aromatic heterocycles. The van der Waals surface area contributed by atoms with Crippen LogP contribution < -0.4 is 10.6 Å². The lowest BCUT2D eigenvalue weighted by molar-refractivity contribution is -0.125. The van der Waals surface area contributed by atoms with Crippen LogP contribution in [0.1, 0.15) is 26.3 Å². The minimum Gasteiger partial charge on any atom is -0.325 e. The van der Waals surface area contributed by atoms with Gasteiger partial charge >= 0.3 is 0 Å². The van der Waals surface area contributed by atoms with Crippen molar-refractivity contribution in [1.82, 2.24) is 5.32 Å². The Morgan fingerprint density at radius 1 is 1.30 bits per heavy atom. The van der Waals surface area contributed by atoms with Crippen molar-refractivity contribution in [3.8, 4) is 18.2 Å². The highest BCUT2D eigenvalue weighted by molar-refractivity contribution is 8.04. The number of thioether (sulfide) groups is 1. The van der Waals surface area contributed by atoms with Crippen LogP contribution in [0.15, 0.2) is 34.9 Å². The second kappa shape index (κ2) is 7.95. The number of allylic oxidation sites excluding steroid dienone is 1. The first-order valence-corrected chi connectivity index (χ1v) is 8.95. The third-order valence-corrected chi connectivity index (χ3v) is 5.37. The molecule has 0 radical (unpaired) electrons. The summed E-state index contributed by atoms with van der Waals surface area (Å²) >= 11 is 1.05. The summed E-state index contributed by atoms with van der Waals surface area (Å²) in [6.45, 7) is 4.97. The Balaban J connectivity index is 2.21. The molecule has 1 aliphatic heterocycles. The van der Waals surface area contributed by atoms with E-state index >= 15 is 0 Å². The number of amides is 2. The predicted molar refractivity (Wildman–Crippen MR) is 101 cm³/mol. The van der Waals surface area contributed by atoms with E-state index in [9.17, 15) is 20.1 Å². The largest absolute Gasteiger partial charge is 0.325 e. The molecule has 0 spiro atoms. The van der Waals surface area contributed by atoms with Crippen molar-refractivity contribution in [1.29, 1.82) is 15.8 Å². The third kappa shape index (κ3) is 4.11. The molecular weight excluding hydrogens is 362 g/mol. The maximum absolute atomic E-state index is 12.5. The summed E-state index contributed by atoms with van der Waals surface area (Å²) in [4.78, 5) is 24.7. The lowest BCUT2D eigenvalue weighted by Gasteiger charge is -2.35. The van der Waals surface area contributed by atoms with E-state index in [2.05, 4.69) is 16.7 Å². The van der Waals surface area contributed by atoms with E-state index in [1.54, 1.807) is 45.0 Å². The Hall–Kier alpha value is -3.28. The topological polar surface area (TPSA) is 130 Å². The monoisotopic (exact) mass is 379 g/mol. The van der Waals surface area contributed by atoms with Gasteiger partial charge in [0.05, 0.1) is 39.6 Å². The highest BCUT2D eigenvalue weighted by atomic mass is 32.2. The molecule has 0 saturated carbocycles. The molecule has 2 rings (SSSR count). The zero-order chi connectivity index (χ0) is 20.2. The lowest BCUT2D eigenvalue weighted by atomic mass is 9.72. The van der Waals surface area contributed by atoms with Crippen LogP contribution in [0.25, 0.3) is 0 Å². The predicted octanol–water partition coefficient (Wildman–Crippen LogP) is 2.65. The van der Waals surface area contributed by atoms with E-state index in [4.69, 9.17) is 5.26 Å². The van der Waals surface area contributed by atoms with Gasteiger partial charge in [0, 0.05) is 11.1 Å². The summed E-state index contributed by atoms with van der Waals surface area (Å²) in [6.07, 6.45) is 0. The fraction of sp³-hybridized carbons (Fsp3) is 0.316. The first kappa shape index (κ1) is 20.0. The Labute approximate surface area is 161 Å². The van der Waals surface area contributed by atoms with Crippen molar-refractivity contribution in [2.45, 2.75) is 26.0 Å². The maximum Gasteiger partial charge on any atom is 0.243 e. The summed E-state index contributed by atoms with van der Waals surface area (Å²) < 4.78 is 0. The molecule has 8 heteroatoms. The second-order valence-electron chi connectivity index (χ2n) is 6.53. The van der Waals surface area contributed by atoms with Crippen molar-refractivity contribution < 1.29 is 9.59 Å². The summed E-state index contributed by atoms with van der Waals surface area (Å²) in [5.41, 5.74) is 0.223. The molecule has 1 aromatic carbocycles. The van der Waals surface area contributed by atoms with Crippen LogP contribution in [0, 0.1) is 45.3 Å². The fourth-order valence-corrected chi connectivity index (χ4v) is 3.76. The number of carbonyl (C=O) groups is 2. The van der Waals surface area contributed by atoms with Crippen molar-refractivity contribution in [2.24, 2.45) is 11.3 Å². The molecule has 0 saturated heterocycles. The first-order valence-electron chi connectivity index (χ1n) is 8.07. The van der Waals surface area contributed by atoms with Crippen LogP contribution in [0.4, 0.5) is 5.69 Å². The van der Waals surface area contributed by atoms with Crippen LogP contribution in [-0.4, -0.2) is 17.1 Å². The normalized spacial score (nSPS) is 19.1. The van der Waals surface area contributed by atoms with Gasteiger partial charge in [0.15, 0.2) is 0 Å². The van der Waals surface area contributed by atoms with Crippen LogP contribution in [0.5, 0.6) is 0 Å². The van der Waals surface area contributed by atoms with Gasteiger partial charge in [-0.3, -0.25) is 9.59 Å².